The van der Waals surface area contributed by atoms with Crippen LogP contribution in [0.5, 0.6) is 0 Å². The van der Waals surface area contributed by atoms with Gasteiger partial charge in [0.25, 0.3) is 0 Å². The molecule has 1 aliphatic rings. The Bertz CT molecular complexity index is 173. The number of nitrogens with zero attached hydrogens (tertiary/aromatic N) is 2. The molecule has 0 aliphatic carbocycles. The number of hydrogen-bond donors (Lipinski definition) is 1. The van der Waals surface area contributed by atoms with E-state index in [9.17, 15) is 4.79 Å². The lowest BCUT2D eigenvalue weighted by atomic mass is 10.5. The molecule has 4 nitrogen and oxygen atoms in total. The highest BCUT2D eigenvalue weighted by Crippen LogP contribution is 1.92. The molecular weight excluding hydrogens is 118 g/mol. The highest BCUT2D eigenvalue weighted by atomic mass is 16.2. The number of carbonyl (C=O) groups excluding carboxylic acids is 1. The molecule has 0 saturated heterocycles. The molecule has 0 aromatic carbocycles. The van der Waals surface area contributed by atoms with Crippen molar-refractivity contribution in [1.29, 1.82) is 0 Å². The zero-order valence-electron chi connectivity index (χ0n) is 4.82. The van der Waals surface area contributed by atoms with Gasteiger partial charge in [0.1, 0.15) is 0 Å². The summed E-state index contributed by atoms with van der Waals surface area (Å²) >= 11 is 0. The first-order valence-electron chi connectivity index (χ1n) is 2.55. The van der Waals surface area contributed by atoms with Crippen LogP contribution in [0.3, 0.4) is 0 Å². The number of carbonyl (C=O) groups is 1. The summed E-state index contributed by atoms with van der Waals surface area (Å²) in [5.41, 5.74) is 4.94. The van der Waals surface area contributed by atoms with Gasteiger partial charge in [-0.1, -0.05) is 0 Å². The van der Waals surface area contributed by atoms with E-state index < -0.39 is 6.03 Å². The quantitative estimate of drug-likeness (QED) is 0.483. The van der Waals surface area contributed by atoms with Crippen molar-refractivity contribution in [2.75, 3.05) is 6.54 Å². The fourth-order valence-corrected chi connectivity index (χ4v) is 0.539. The molecule has 9 heavy (non-hydrogen) atoms. The van der Waals surface area contributed by atoms with Crippen LogP contribution >= 0.6 is 0 Å². The van der Waals surface area contributed by atoms with Gasteiger partial charge in [-0.3, -0.25) is 9.89 Å². The summed E-state index contributed by atoms with van der Waals surface area (Å²) in [5.74, 6) is 0. The molecule has 48 valence electrons. The monoisotopic (exact) mass is 125 g/mol. The van der Waals surface area contributed by atoms with E-state index in [2.05, 4.69) is 4.99 Å². The highest BCUT2D eigenvalue weighted by molar-refractivity contribution is 5.78. The second-order valence-electron chi connectivity index (χ2n) is 1.62. The molecular formula is C5H7N3O. The standard InChI is InChI=1S/C5H7N3O/c6-5(9)8-3-1-7-2-4-8/h1-3H,4H2,(H2,6,9). The van der Waals surface area contributed by atoms with Crippen LogP contribution in [0.4, 0.5) is 4.79 Å². The normalized spacial score (nSPS) is 16.2. The highest BCUT2D eigenvalue weighted by Gasteiger charge is 2.03. The lowest BCUT2D eigenvalue weighted by molar-refractivity contribution is 0.229. The second-order valence-corrected chi connectivity index (χ2v) is 1.62. The first-order valence-corrected chi connectivity index (χ1v) is 2.55. The zero-order valence-corrected chi connectivity index (χ0v) is 4.82. The lowest BCUT2D eigenvalue weighted by Gasteiger charge is -2.13. The topological polar surface area (TPSA) is 58.7 Å². The van der Waals surface area contributed by atoms with Crippen molar-refractivity contribution in [3.8, 4) is 0 Å². The largest absolute Gasteiger partial charge is 0.351 e. The van der Waals surface area contributed by atoms with Crippen LogP contribution in [0.25, 0.3) is 0 Å². The first-order chi connectivity index (χ1) is 4.30. The van der Waals surface area contributed by atoms with Crippen LogP contribution in [0.2, 0.25) is 0 Å². The molecule has 0 radical (unpaired) electrons. The number of nitrogens with two attached hydrogens (primary N) is 1. The molecule has 0 unspecified atom stereocenters. The van der Waals surface area contributed by atoms with E-state index in [1.807, 2.05) is 0 Å². The van der Waals surface area contributed by atoms with Crippen molar-refractivity contribution in [2.45, 2.75) is 0 Å². The minimum Gasteiger partial charge on any atom is -0.351 e. The molecule has 0 aromatic rings. The summed E-state index contributed by atoms with van der Waals surface area (Å²) in [6.07, 6.45) is 4.68. The Morgan fingerprint density at radius 3 is 2.89 bits per heavy atom. The molecule has 4 heteroatoms. The van der Waals surface area contributed by atoms with E-state index >= 15 is 0 Å². The molecule has 0 atom stereocenters. The fraction of sp³-hybridized carbons (Fsp3) is 0.200. The Labute approximate surface area is 52.7 Å². The number of primary amides is 1. The average molecular weight is 125 g/mol. The lowest BCUT2D eigenvalue weighted by Crippen LogP contribution is -2.33. The third kappa shape index (κ3) is 1.28. The van der Waals surface area contributed by atoms with Gasteiger partial charge in [-0.05, 0) is 0 Å². The van der Waals surface area contributed by atoms with E-state index in [1.165, 1.54) is 11.1 Å². The fourth-order valence-electron chi connectivity index (χ4n) is 0.539. The van der Waals surface area contributed by atoms with Crippen LogP contribution in [-0.4, -0.2) is 23.7 Å². The Kier molecular flexibility index (Phi) is 1.48. The smallest absolute Gasteiger partial charge is 0.319 e. The molecule has 0 bridgehead atoms. The van der Waals surface area contributed by atoms with E-state index in [0.717, 1.165) is 0 Å². The maximum absolute atomic E-state index is 10.4. The molecule has 0 spiro atoms. The molecule has 1 aliphatic heterocycles. The maximum Gasteiger partial charge on any atom is 0.319 e. The van der Waals surface area contributed by atoms with Crippen molar-refractivity contribution in [1.82, 2.24) is 4.90 Å². The number of rotatable bonds is 0. The number of urea groups is 1. The van der Waals surface area contributed by atoms with Gasteiger partial charge in [0.05, 0.1) is 6.54 Å². The van der Waals surface area contributed by atoms with Gasteiger partial charge in [-0.15, -0.1) is 0 Å². The van der Waals surface area contributed by atoms with Gasteiger partial charge in [-0.2, -0.15) is 0 Å². The first kappa shape index (κ1) is 5.81. The minimum absolute atomic E-state index is 0.447. The Hall–Kier alpha value is -1.32. The van der Waals surface area contributed by atoms with Gasteiger partial charge >= 0.3 is 6.03 Å². The van der Waals surface area contributed by atoms with Crippen molar-refractivity contribution in [3.05, 3.63) is 12.4 Å². The van der Waals surface area contributed by atoms with Crippen molar-refractivity contribution < 1.29 is 4.79 Å². The van der Waals surface area contributed by atoms with Gasteiger partial charge < -0.3 is 5.73 Å². The molecule has 0 saturated carbocycles. The number of hydrogen-bond acceptors (Lipinski definition) is 2. The van der Waals surface area contributed by atoms with Crippen LogP contribution < -0.4 is 5.73 Å². The molecule has 1 rings (SSSR count). The summed E-state index contributed by atoms with van der Waals surface area (Å²) in [5, 5.41) is 0. The van der Waals surface area contributed by atoms with Crippen LogP contribution in [0.15, 0.2) is 17.4 Å². The van der Waals surface area contributed by atoms with Gasteiger partial charge in [0.2, 0.25) is 0 Å². The molecule has 1 heterocycles. The van der Waals surface area contributed by atoms with E-state index in [1.54, 1.807) is 12.4 Å². The average Bonchev–Trinajstić information content (AvgIpc) is 1.90. The minimum atomic E-state index is -0.447. The SMILES string of the molecule is NC(=O)N1C=CN=CC1. The predicted octanol–water partition coefficient (Wildman–Crippen LogP) is -0.0773. The van der Waals surface area contributed by atoms with E-state index in [0.29, 0.717) is 6.54 Å². The zero-order chi connectivity index (χ0) is 6.69. The molecule has 2 amide bonds. The van der Waals surface area contributed by atoms with Crippen molar-refractivity contribution >= 4 is 12.2 Å². The van der Waals surface area contributed by atoms with Crippen LogP contribution in [0.1, 0.15) is 0 Å². The third-order valence-corrected chi connectivity index (χ3v) is 1.000. The summed E-state index contributed by atoms with van der Waals surface area (Å²) in [6, 6.07) is -0.447. The van der Waals surface area contributed by atoms with E-state index in [-0.39, 0.29) is 0 Å². The summed E-state index contributed by atoms with van der Waals surface area (Å²) < 4.78 is 0. The molecule has 0 fully saturated rings. The van der Waals surface area contributed by atoms with Gasteiger partial charge in [0.15, 0.2) is 0 Å². The van der Waals surface area contributed by atoms with Crippen molar-refractivity contribution in [2.24, 2.45) is 10.7 Å². The van der Waals surface area contributed by atoms with Crippen molar-refractivity contribution in [3.63, 3.8) is 0 Å². The number of aliphatic imine (C=N–C) groups is 1. The molecule has 2 N–H and O–H groups in total. The summed E-state index contributed by atoms with van der Waals surface area (Å²) in [4.78, 5) is 15.5. The van der Waals surface area contributed by atoms with Gasteiger partial charge in [-0.25, -0.2) is 4.79 Å². The Balaban J connectivity index is 2.56. The van der Waals surface area contributed by atoms with Crippen LogP contribution in [0, 0.1) is 0 Å². The predicted molar refractivity (Wildman–Crippen MR) is 33.9 cm³/mol. The molecule has 0 aromatic heterocycles. The second kappa shape index (κ2) is 2.30. The van der Waals surface area contributed by atoms with E-state index in [4.69, 9.17) is 5.73 Å². The maximum atomic E-state index is 10.4. The number of amides is 2. The third-order valence-electron chi connectivity index (χ3n) is 1.000. The Morgan fingerprint density at radius 2 is 2.56 bits per heavy atom. The Morgan fingerprint density at radius 1 is 1.78 bits per heavy atom. The van der Waals surface area contributed by atoms with Crippen LogP contribution in [-0.2, 0) is 0 Å². The van der Waals surface area contributed by atoms with Gasteiger partial charge in [0, 0.05) is 18.6 Å². The summed E-state index contributed by atoms with van der Waals surface area (Å²) in [6.45, 7) is 0.478. The summed E-state index contributed by atoms with van der Waals surface area (Å²) in [7, 11) is 0.